The first kappa shape index (κ1) is 32.6. The molecule has 2 aliphatic rings. The molecule has 5 aromatic rings. The first-order chi connectivity index (χ1) is 23.4. The van der Waals surface area contributed by atoms with Crippen molar-refractivity contribution in [2.24, 2.45) is 7.05 Å². The number of nitrogens with zero attached hydrogens (tertiary/aromatic N) is 3. The van der Waals surface area contributed by atoms with E-state index < -0.39 is 0 Å². The zero-order chi connectivity index (χ0) is 33.2. The van der Waals surface area contributed by atoms with Crippen molar-refractivity contribution in [2.75, 3.05) is 26.8 Å². The molecule has 5 heterocycles. The molecule has 2 fully saturated rings. The van der Waals surface area contributed by atoms with Gasteiger partial charge in [0.1, 0.15) is 5.65 Å². The number of carbonyl (C=O) groups excluding carboxylic acids is 1. The zero-order valence-corrected chi connectivity index (χ0v) is 28.5. The molecule has 3 aromatic heterocycles. The van der Waals surface area contributed by atoms with Crippen molar-refractivity contribution in [3.05, 3.63) is 88.0 Å². The first-order valence-electron chi connectivity index (χ1n) is 16.3. The number of amides is 1. The predicted molar refractivity (Wildman–Crippen MR) is 190 cm³/mol. The lowest BCUT2D eigenvalue weighted by Gasteiger charge is -2.26. The molecule has 2 saturated heterocycles. The van der Waals surface area contributed by atoms with Gasteiger partial charge in [0.15, 0.2) is 0 Å². The van der Waals surface area contributed by atoms with E-state index in [9.17, 15) is 4.79 Å². The number of halogens is 2. The summed E-state index contributed by atoms with van der Waals surface area (Å²) in [7, 11) is 3.63. The van der Waals surface area contributed by atoms with Crippen LogP contribution in [0.4, 0.5) is 0 Å². The summed E-state index contributed by atoms with van der Waals surface area (Å²) in [6.07, 6.45) is 4.99. The van der Waals surface area contributed by atoms with E-state index in [1.807, 2.05) is 61.6 Å². The van der Waals surface area contributed by atoms with Crippen molar-refractivity contribution in [3.63, 3.8) is 0 Å². The van der Waals surface area contributed by atoms with E-state index in [2.05, 4.69) is 32.8 Å². The van der Waals surface area contributed by atoms with Crippen LogP contribution in [0.1, 0.15) is 30.4 Å². The lowest BCUT2D eigenvalue weighted by molar-refractivity contribution is -0.119. The highest BCUT2D eigenvalue weighted by Gasteiger charge is 2.22. The molecule has 0 unspecified atom stereocenters. The molecule has 2 aromatic carbocycles. The lowest BCUT2D eigenvalue weighted by Crippen LogP contribution is -2.36. The number of carbonyl (C=O) groups is 1. The van der Waals surface area contributed by atoms with Crippen LogP contribution in [-0.2, 0) is 29.7 Å². The molecule has 9 nitrogen and oxygen atoms in total. The molecular formula is C37H38Cl2N6O3. The SMILES string of the molecule is COc1nc(-c2cccc(-c3cccc(-c4ccc5c(CNC[C@H]6CCO6)cn(C)c5n4)c3Cl)c2Cl)ccc1CNC[C@H]1CCC(=O)N1. The molecule has 0 radical (unpaired) electrons. The molecule has 2 aliphatic heterocycles. The molecular weight excluding hydrogens is 647 g/mol. The van der Waals surface area contributed by atoms with E-state index in [4.69, 9.17) is 42.6 Å². The Morgan fingerprint density at radius 2 is 1.52 bits per heavy atom. The van der Waals surface area contributed by atoms with E-state index in [0.29, 0.717) is 47.2 Å². The Morgan fingerprint density at radius 3 is 2.17 bits per heavy atom. The normalized spacial score (nSPS) is 17.5. The summed E-state index contributed by atoms with van der Waals surface area (Å²) < 4.78 is 13.3. The number of methoxy groups -OCH3 is 1. The lowest BCUT2D eigenvalue weighted by atomic mass is 9.98. The van der Waals surface area contributed by atoms with Gasteiger partial charge in [0.05, 0.1) is 34.6 Å². The number of fused-ring (bicyclic) bond motifs is 1. The van der Waals surface area contributed by atoms with E-state index in [-0.39, 0.29) is 11.9 Å². The fraction of sp³-hybridized carbons (Fsp3) is 0.324. The maximum atomic E-state index is 11.5. The summed E-state index contributed by atoms with van der Waals surface area (Å²) in [5.41, 5.74) is 7.71. The number of aryl methyl sites for hydroxylation is 1. The summed E-state index contributed by atoms with van der Waals surface area (Å²) in [6.45, 7) is 3.72. The minimum atomic E-state index is 0.107. The molecule has 7 rings (SSSR count). The molecule has 0 bridgehead atoms. The fourth-order valence-electron chi connectivity index (χ4n) is 6.45. The number of aromatic nitrogens is 3. The molecule has 1 amide bonds. The highest BCUT2D eigenvalue weighted by molar-refractivity contribution is 6.39. The van der Waals surface area contributed by atoms with Gasteiger partial charge < -0.3 is 30.0 Å². The number of nitrogens with one attached hydrogen (secondary N) is 3. The standard InChI is InChI=1S/C37H38Cl2N6O3/c1-45-21-23(18-41-20-25-15-16-48-25)26-11-13-31(43-36(26)45)29-7-3-5-27(34(29)38)28-6-4-8-30(35(28)39)32-12-9-22(37(44-32)47-2)17-40-19-24-10-14-33(46)42-24/h3-9,11-13,21,24-25,40-41H,10,14-20H2,1-2H3,(H,42,46)/t24-,25-/m1/s1. The Hall–Kier alpha value is -3.99. The second kappa shape index (κ2) is 14.2. The van der Waals surface area contributed by atoms with Crippen molar-refractivity contribution >= 4 is 40.1 Å². The highest BCUT2D eigenvalue weighted by atomic mass is 35.5. The third-order valence-corrected chi connectivity index (χ3v) is 9.96. The minimum absolute atomic E-state index is 0.107. The van der Waals surface area contributed by atoms with Gasteiger partial charge in [-0.1, -0.05) is 65.7 Å². The van der Waals surface area contributed by atoms with Crippen LogP contribution in [0.2, 0.25) is 10.0 Å². The molecule has 0 aliphatic carbocycles. The Balaban J connectivity index is 1.12. The summed E-state index contributed by atoms with van der Waals surface area (Å²) in [5.74, 6) is 0.626. The van der Waals surface area contributed by atoms with Gasteiger partial charge in [0, 0.05) is 91.7 Å². The summed E-state index contributed by atoms with van der Waals surface area (Å²) >= 11 is 14.2. The summed E-state index contributed by atoms with van der Waals surface area (Å²) in [6, 6.07) is 20.1. The van der Waals surface area contributed by atoms with Crippen LogP contribution in [0.5, 0.6) is 5.88 Å². The van der Waals surface area contributed by atoms with Gasteiger partial charge in [-0.15, -0.1) is 0 Å². The van der Waals surface area contributed by atoms with E-state index in [1.54, 1.807) is 7.11 Å². The third-order valence-electron chi connectivity index (χ3n) is 9.15. The van der Waals surface area contributed by atoms with Crippen LogP contribution >= 0.6 is 23.2 Å². The van der Waals surface area contributed by atoms with Crippen LogP contribution in [0, 0.1) is 0 Å². The van der Waals surface area contributed by atoms with Gasteiger partial charge in [-0.05, 0) is 36.6 Å². The number of hydrogen-bond acceptors (Lipinski definition) is 7. The largest absolute Gasteiger partial charge is 0.481 e. The number of rotatable bonds is 12. The fourth-order valence-corrected chi connectivity index (χ4v) is 7.10. The second-order valence-corrected chi connectivity index (χ2v) is 13.1. The van der Waals surface area contributed by atoms with Crippen LogP contribution in [0.3, 0.4) is 0 Å². The summed E-state index contributed by atoms with van der Waals surface area (Å²) in [5, 5.41) is 12.1. The van der Waals surface area contributed by atoms with E-state index in [1.165, 1.54) is 5.56 Å². The van der Waals surface area contributed by atoms with Crippen LogP contribution in [0.25, 0.3) is 44.7 Å². The quantitative estimate of drug-likeness (QED) is 0.137. The average molecular weight is 686 g/mol. The van der Waals surface area contributed by atoms with Crippen molar-refractivity contribution in [1.29, 1.82) is 0 Å². The van der Waals surface area contributed by atoms with Gasteiger partial charge in [-0.3, -0.25) is 4.79 Å². The minimum Gasteiger partial charge on any atom is -0.481 e. The molecule has 0 saturated carbocycles. The predicted octanol–water partition coefficient (Wildman–Crippen LogP) is 6.53. The topological polar surface area (TPSA) is 102 Å². The van der Waals surface area contributed by atoms with Crippen LogP contribution in [-0.4, -0.2) is 59.4 Å². The van der Waals surface area contributed by atoms with Crippen molar-refractivity contribution in [3.8, 4) is 39.5 Å². The van der Waals surface area contributed by atoms with Gasteiger partial charge in [-0.25, -0.2) is 9.97 Å². The second-order valence-electron chi connectivity index (χ2n) is 12.4. The van der Waals surface area contributed by atoms with E-state index in [0.717, 1.165) is 77.1 Å². The first-order valence-corrected chi connectivity index (χ1v) is 17.0. The molecule has 2 atom stereocenters. The monoisotopic (exact) mass is 684 g/mol. The summed E-state index contributed by atoms with van der Waals surface area (Å²) in [4.78, 5) is 21.4. The number of benzene rings is 2. The number of pyridine rings is 2. The van der Waals surface area contributed by atoms with Gasteiger partial charge in [0.2, 0.25) is 11.8 Å². The van der Waals surface area contributed by atoms with Gasteiger partial charge in [-0.2, -0.15) is 0 Å². The Kier molecular flexibility index (Phi) is 9.66. The Morgan fingerprint density at radius 1 is 0.875 bits per heavy atom. The molecule has 11 heteroatoms. The van der Waals surface area contributed by atoms with Crippen molar-refractivity contribution in [1.82, 2.24) is 30.5 Å². The van der Waals surface area contributed by atoms with Gasteiger partial charge >= 0.3 is 0 Å². The van der Waals surface area contributed by atoms with Crippen molar-refractivity contribution < 1.29 is 14.3 Å². The third kappa shape index (κ3) is 6.66. The molecule has 48 heavy (non-hydrogen) atoms. The molecule has 3 N–H and O–H groups in total. The van der Waals surface area contributed by atoms with Crippen molar-refractivity contribution in [2.45, 2.75) is 44.5 Å². The maximum Gasteiger partial charge on any atom is 0.220 e. The number of hydrogen-bond donors (Lipinski definition) is 3. The van der Waals surface area contributed by atoms with Crippen LogP contribution < -0.4 is 20.7 Å². The smallest absolute Gasteiger partial charge is 0.220 e. The molecule has 0 spiro atoms. The Labute approximate surface area is 290 Å². The Bertz CT molecular complexity index is 1970. The van der Waals surface area contributed by atoms with Gasteiger partial charge in [0.25, 0.3) is 0 Å². The maximum absolute atomic E-state index is 11.5. The highest BCUT2D eigenvalue weighted by Crippen LogP contribution is 2.42. The number of ether oxygens (including phenoxy) is 2. The van der Waals surface area contributed by atoms with E-state index >= 15 is 0 Å². The molecule has 248 valence electrons. The van der Waals surface area contributed by atoms with Crippen LogP contribution in [0.15, 0.2) is 66.9 Å². The average Bonchev–Trinajstić information content (AvgIpc) is 3.64. The zero-order valence-electron chi connectivity index (χ0n) is 27.0.